The second kappa shape index (κ2) is 21.5. The van der Waals surface area contributed by atoms with Crippen LogP contribution in [0.25, 0.3) is 0 Å². The number of aryl methyl sites for hydroxylation is 1. The molecule has 6 rings (SSSR count). The van der Waals surface area contributed by atoms with Gasteiger partial charge in [-0.2, -0.15) is 0 Å². The minimum Gasteiger partial charge on any atom is -0.377 e. The fraction of sp³-hybridized carbons (Fsp3) is 0.756. The zero-order chi connectivity index (χ0) is 41.0. The number of alkyl halides is 2. The van der Waals surface area contributed by atoms with Crippen molar-refractivity contribution >= 4 is 5.91 Å². The van der Waals surface area contributed by atoms with Crippen LogP contribution in [0, 0.1) is 30.6 Å². The molecule has 1 amide bonds. The maximum absolute atomic E-state index is 13.8. The first-order valence-corrected chi connectivity index (χ1v) is 21.8. The van der Waals surface area contributed by atoms with Gasteiger partial charge in [0.15, 0.2) is 0 Å². The molecule has 2 heterocycles. The molecular weight excluding hydrogens is 745 g/mol. The van der Waals surface area contributed by atoms with Crippen LogP contribution >= 0.6 is 0 Å². The van der Waals surface area contributed by atoms with E-state index in [0.29, 0.717) is 89.0 Å². The Labute approximate surface area is 344 Å². The summed E-state index contributed by atoms with van der Waals surface area (Å²) in [5, 5.41) is 12.6. The molecule has 0 radical (unpaired) electrons. The molecule has 2 aromatic rings. The van der Waals surface area contributed by atoms with Gasteiger partial charge in [0.25, 0.3) is 0 Å². The zero-order valence-corrected chi connectivity index (χ0v) is 35.1. The number of benzene rings is 1. The molecule has 1 aromatic carbocycles. The summed E-state index contributed by atoms with van der Waals surface area (Å²) in [5.41, 5.74) is 1.42. The highest BCUT2D eigenvalue weighted by Crippen LogP contribution is 2.62. The van der Waals surface area contributed by atoms with Crippen LogP contribution in [0.1, 0.15) is 126 Å². The first-order chi connectivity index (χ1) is 28.1. The van der Waals surface area contributed by atoms with Gasteiger partial charge in [-0.1, -0.05) is 36.3 Å². The smallest absolute Gasteiger partial charge is 0.248 e. The Balaban J connectivity index is 0.903. The molecule has 1 saturated heterocycles. The molecule has 4 unspecified atom stereocenters. The SMILES string of the molecule is C#CCOCCOCCOCCOCCOC1CC2(C1)CC(c1nnc(C)n1C(C)CC1CCC(C)N1CCC(NC(=O)C1CCC(F)(F)CC1)c1ccccc1)C2. The summed E-state index contributed by atoms with van der Waals surface area (Å²) in [6.07, 6.45) is 14.0. The summed E-state index contributed by atoms with van der Waals surface area (Å²) < 4.78 is 58.0. The summed E-state index contributed by atoms with van der Waals surface area (Å²) in [6, 6.07) is 11.0. The number of halogens is 2. The number of carbonyl (C=O) groups is 1. The second-order valence-corrected chi connectivity index (χ2v) is 17.4. The van der Waals surface area contributed by atoms with E-state index in [1.807, 2.05) is 18.2 Å². The molecule has 1 N–H and O–H groups in total. The molecule has 3 saturated carbocycles. The van der Waals surface area contributed by atoms with E-state index in [4.69, 9.17) is 35.2 Å². The van der Waals surface area contributed by atoms with Crippen LogP contribution in [0.2, 0.25) is 0 Å². The third-order valence-corrected chi connectivity index (χ3v) is 13.1. The molecule has 4 atom stereocenters. The number of carbonyl (C=O) groups excluding carboxylic acids is 1. The summed E-state index contributed by atoms with van der Waals surface area (Å²) in [5.74, 6) is 1.85. The molecule has 0 bridgehead atoms. The number of hydrogen-bond acceptors (Lipinski definition) is 9. The molecular formula is C45H67F2N5O6. The highest BCUT2D eigenvalue weighted by molar-refractivity contribution is 5.79. The van der Waals surface area contributed by atoms with Gasteiger partial charge in [0.1, 0.15) is 18.3 Å². The molecule has 58 heavy (non-hydrogen) atoms. The third-order valence-electron chi connectivity index (χ3n) is 13.1. The molecule has 1 aromatic heterocycles. The van der Waals surface area contributed by atoms with Crippen LogP contribution in [-0.4, -0.2) is 116 Å². The van der Waals surface area contributed by atoms with Gasteiger partial charge in [0.2, 0.25) is 11.8 Å². The quantitative estimate of drug-likeness (QED) is 0.0870. The van der Waals surface area contributed by atoms with Crippen LogP contribution in [0.5, 0.6) is 0 Å². The molecule has 11 nitrogen and oxygen atoms in total. The van der Waals surface area contributed by atoms with Crippen LogP contribution < -0.4 is 5.32 Å². The van der Waals surface area contributed by atoms with Crippen LogP contribution in [0.15, 0.2) is 30.3 Å². The Morgan fingerprint density at radius 1 is 0.914 bits per heavy atom. The molecule has 1 aliphatic heterocycles. The number of nitrogens with zero attached hydrogens (tertiary/aromatic N) is 4. The molecule has 4 fully saturated rings. The van der Waals surface area contributed by atoms with E-state index in [0.717, 1.165) is 75.1 Å². The standard InChI is InChI=1S/C45H67F2N5O6/c1-5-19-54-20-21-55-22-23-56-24-25-57-26-27-58-40-31-44(32-40)29-38(30-44)42-50-49-35(4)52(42)34(3)28-39-12-11-33(2)51(39)18-15-41(36-9-7-6-8-10-36)48-43(53)37-13-16-45(46,47)17-14-37/h1,6-10,33-34,37-41H,11-32H2,2-4H3,(H,48,53). The average molecular weight is 812 g/mol. The lowest BCUT2D eigenvalue weighted by Crippen LogP contribution is -2.50. The Hall–Kier alpha value is -2.99. The van der Waals surface area contributed by atoms with Crippen LogP contribution in [0.4, 0.5) is 8.78 Å². The molecule has 3 aliphatic carbocycles. The van der Waals surface area contributed by atoms with Gasteiger partial charge in [0.05, 0.1) is 65.0 Å². The third kappa shape index (κ3) is 12.3. The van der Waals surface area contributed by atoms with Gasteiger partial charge in [0, 0.05) is 49.3 Å². The van der Waals surface area contributed by atoms with Crippen molar-refractivity contribution in [2.45, 2.75) is 140 Å². The van der Waals surface area contributed by atoms with Gasteiger partial charge in [-0.25, -0.2) is 8.78 Å². The van der Waals surface area contributed by atoms with E-state index in [9.17, 15) is 13.6 Å². The van der Waals surface area contributed by atoms with Crippen molar-refractivity contribution < 1.29 is 37.3 Å². The van der Waals surface area contributed by atoms with E-state index in [1.165, 1.54) is 0 Å². The van der Waals surface area contributed by atoms with Crippen molar-refractivity contribution in [1.29, 1.82) is 0 Å². The first kappa shape index (κ1) is 44.6. The van der Waals surface area contributed by atoms with Gasteiger partial charge in [-0.3, -0.25) is 9.69 Å². The van der Waals surface area contributed by atoms with E-state index in [2.05, 4.69) is 58.7 Å². The molecule has 1 spiro atoms. The topological polar surface area (TPSA) is 109 Å². The van der Waals surface area contributed by atoms with Gasteiger partial charge >= 0.3 is 0 Å². The number of terminal acetylenes is 1. The normalized spacial score (nSPS) is 26.8. The lowest BCUT2D eigenvalue weighted by Gasteiger charge is -2.57. The van der Waals surface area contributed by atoms with Crippen molar-refractivity contribution in [3.63, 3.8) is 0 Å². The van der Waals surface area contributed by atoms with Gasteiger partial charge in [-0.15, -0.1) is 16.6 Å². The monoisotopic (exact) mass is 812 g/mol. The lowest BCUT2D eigenvalue weighted by atomic mass is 9.50. The number of nitrogens with one attached hydrogen (secondary N) is 1. The van der Waals surface area contributed by atoms with Crippen LogP contribution in [0.3, 0.4) is 0 Å². The largest absolute Gasteiger partial charge is 0.377 e. The Morgan fingerprint density at radius 3 is 2.21 bits per heavy atom. The molecule has 13 heteroatoms. The Bertz CT molecular complexity index is 1580. The highest BCUT2D eigenvalue weighted by Gasteiger charge is 2.55. The Morgan fingerprint density at radius 2 is 1.55 bits per heavy atom. The number of rotatable bonds is 24. The van der Waals surface area contributed by atoms with Crippen molar-refractivity contribution in [3.05, 3.63) is 47.5 Å². The minimum atomic E-state index is -2.65. The number of amides is 1. The molecule has 4 aliphatic rings. The fourth-order valence-electron chi connectivity index (χ4n) is 9.96. The second-order valence-electron chi connectivity index (χ2n) is 17.4. The maximum atomic E-state index is 13.8. The minimum absolute atomic E-state index is 0.0936. The van der Waals surface area contributed by atoms with Gasteiger partial charge in [-0.05, 0) is 96.0 Å². The summed E-state index contributed by atoms with van der Waals surface area (Å²) >= 11 is 0. The average Bonchev–Trinajstić information content (AvgIpc) is 3.73. The van der Waals surface area contributed by atoms with Crippen molar-refractivity contribution in [1.82, 2.24) is 25.0 Å². The maximum Gasteiger partial charge on any atom is 0.248 e. The van der Waals surface area contributed by atoms with E-state index in [-0.39, 0.29) is 49.6 Å². The summed E-state index contributed by atoms with van der Waals surface area (Å²) in [4.78, 5) is 16.0. The predicted molar refractivity (Wildman–Crippen MR) is 218 cm³/mol. The van der Waals surface area contributed by atoms with Crippen LogP contribution in [-0.2, 0) is 28.5 Å². The van der Waals surface area contributed by atoms with Crippen molar-refractivity contribution in [2.24, 2.45) is 11.3 Å². The number of ether oxygens (including phenoxy) is 5. The van der Waals surface area contributed by atoms with Crippen molar-refractivity contribution in [2.75, 3.05) is 66.0 Å². The Kier molecular flexibility index (Phi) is 16.5. The lowest BCUT2D eigenvalue weighted by molar-refractivity contribution is -0.134. The summed E-state index contributed by atoms with van der Waals surface area (Å²) in [6.45, 7) is 12.1. The van der Waals surface area contributed by atoms with Gasteiger partial charge < -0.3 is 33.6 Å². The first-order valence-electron chi connectivity index (χ1n) is 21.8. The fourth-order valence-corrected chi connectivity index (χ4v) is 9.96. The summed E-state index contributed by atoms with van der Waals surface area (Å²) in [7, 11) is 0. The molecule has 322 valence electrons. The number of hydrogen-bond donors (Lipinski definition) is 1. The van der Waals surface area contributed by atoms with Crippen molar-refractivity contribution in [3.8, 4) is 12.3 Å². The highest BCUT2D eigenvalue weighted by atomic mass is 19.3. The van der Waals surface area contributed by atoms with E-state index < -0.39 is 5.92 Å². The van der Waals surface area contributed by atoms with E-state index >= 15 is 0 Å². The zero-order valence-electron chi connectivity index (χ0n) is 35.1. The number of likely N-dealkylation sites (tertiary alicyclic amines) is 1. The van der Waals surface area contributed by atoms with E-state index in [1.54, 1.807) is 0 Å². The predicted octanol–water partition coefficient (Wildman–Crippen LogP) is 7.21. The number of aromatic nitrogens is 3.